The summed E-state index contributed by atoms with van der Waals surface area (Å²) in [6.07, 6.45) is 3.90. The second kappa shape index (κ2) is 11.1. The molecule has 2 aromatic carbocycles. The molecule has 0 saturated carbocycles. The van der Waals surface area contributed by atoms with Gasteiger partial charge < -0.3 is 14.6 Å². The zero-order chi connectivity index (χ0) is 27.5. The lowest BCUT2D eigenvalue weighted by Crippen LogP contribution is -2.39. The Hall–Kier alpha value is -4.44. The summed E-state index contributed by atoms with van der Waals surface area (Å²) in [5.41, 5.74) is 6.36. The molecule has 1 aliphatic heterocycles. The Morgan fingerprint density at radius 1 is 1.15 bits per heavy atom. The molecule has 1 saturated heterocycles. The van der Waals surface area contributed by atoms with Crippen LogP contribution in [0.5, 0.6) is 0 Å². The molecule has 3 heterocycles. The van der Waals surface area contributed by atoms with Crippen molar-refractivity contribution in [1.29, 1.82) is 5.26 Å². The van der Waals surface area contributed by atoms with Gasteiger partial charge in [-0.25, -0.2) is 9.97 Å². The van der Waals surface area contributed by atoms with Gasteiger partial charge in [0.15, 0.2) is 5.58 Å². The number of pyridine rings is 1. The van der Waals surface area contributed by atoms with Gasteiger partial charge in [-0.15, -0.1) is 0 Å². The van der Waals surface area contributed by atoms with Crippen molar-refractivity contribution in [3.05, 3.63) is 83.6 Å². The number of anilines is 1. The Kier molecular flexibility index (Phi) is 7.47. The molecule has 0 bridgehead atoms. The molecule has 1 amide bonds. The van der Waals surface area contributed by atoms with Crippen LogP contribution in [0.4, 0.5) is 5.82 Å². The highest BCUT2D eigenvalue weighted by molar-refractivity contribution is 5.94. The molecule has 4 aromatic rings. The van der Waals surface area contributed by atoms with Crippen molar-refractivity contribution in [3.8, 4) is 17.5 Å². The van der Waals surface area contributed by atoms with Gasteiger partial charge in [0.1, 0.15) is 11.3 Å². The van der Waals surface area contributed by atoms with Crippen LogP contribution >= 0.6 is 0 Å². The molecule has 0 aliphatic carbocycles. The van der Waals surface area contributed by atoms with E-state index in [-0.39, 0.29) is 11.8 Å². The van der Waals surface area contributed by atoms with E-state index in [2.05, 4.69) is 58.8 Å². The molecule has 39 heavy (non-hydrogen) atoms. The lowest BCUT2D eigenvalue weighted by molar-refractivity contribution is 0.0945. The van der Waals surface area contributed by atoms with E-state index in [0.29, 0.717) is 40.6 Å². The van der Waals surface area contributed by atoms with Gasteiger partial charge >= 0.3 is 0 Å². The van der Waals surface area contributed by atoms with Crippen molar-refractivity contribution in [1.82, 2.24) is 15.3 Å². The van der Waals surface area contributed by atoms with E-state index in [1.807, 2.05) is 31.3 Å². The number of carbonyl (C=O) groups excluding carboxylic acids is 1. The normalized spacial score (nSPS) is 14.0. The summed E-state index contributed by atoms with van der Waals surface area (Å²) in [6.45, 7) is 12.6. The summed E-state index contributed by atoms with van der Waals surface area (Å²) in [5, 5.41) is 12.5. The number of rotatable bonds is 7. The van der Waals surface area contributed by atoms with Gasteiger partial charge in [-0.05, 0) is 91.3 Å². The standard InChI is InChI=1S/C32H33N5O2/c1-20(2)26-9-10-29(34-19-26)37-13-11-22(12-14-37)18-35-31(38)24-5-7-25(8-6-24)32-36-28-16-23(17-33)15-27(21(3)4)30(28)39-32/h5-10,15-16,19,21-22H,1,11-14,18H2,2-4H3,(H,35,38). The fourth-order valence-corrected chi connectivity index (χ4v) is 4.97. The average Bonchev–Trinajstić information content (AvgIpc) is 3.40. The number of nitriles is 1. The molecule has 1 aliphatic rings. The minimum Gasteiger partial charge on any atom is -0.436 e. The van der Waals surface area contributed by atoms with Crippen molar-refractivity contribution in [3.63, 3.8) is 0 Å². The van der Waals surface area contributed by atoms with Crippen molar-refractivity contribution in [2.45, 2.75) is 39.5 Å². The van der Waals surface area contributed by atoms with Gasteiger partial charge in [-0.3, -0.25) is 4.79 Å². The summed E-state index contributed by atoms with van der Waals surface area (Å²) in [6, 6.07) is 17.2. The molecule has 7 nitrogen and oxygen atoms in total. The summed E-state index contributed by atoms with van der Waals surface area (Å²) in [7, 11) is 0. The molecular weight excluding hydrogens is 486 g/mol. The van der Waals surface area contributed by atoms with Gasteiger partial charge in [0.25, 0.3) is 5.91 Å². The van der Waals surface area contributed by atoms with Crippen LogP contribution in [0.3, 0.4) is 0 Å². The molecule has 1 fully saturated rings. The number of amides is 1. The zero-order valence-electron chi connectivity index (χ0n) is 22.7. The summed E-state index contributed by atoms with van der Waals surface area (Å²) in [4.78, 5) is 24.3. The number of aromatic nitrogens is 2. The van der Waals surface area contributed by atoms with Crippen molar-refractivity contribution >= 4 is 28.4 Å². The first kappa shape index (κ1) is 26.2. The van der Waals surface area contributed by atoms with E-state index in [9.17, 15) is 10.1 Å². The number of piperidine rings is 1. The van der Waals surface area contributed by atoms with E-state index in [4.69, 9.17) is 4.42 Å². The molecule has 0 atom stereocenters. The lowest BCUT2D eigenvalue weighted by atomic mass is 9.96. The smallest absolute Gasteiger partial charge is 0.251 e. The molecule has 0 radical (unpaired) electrons. The molecule has 0 spiro atoms. The number of nitrogens with zero attached hydrogens (tertiary/aromatic N) is 4. The van der Waals surface area contributed by atoms with Crippen LogP contribution < -0.4 is 10.2 Å². The van der Waals surface area contributed by atoms with E-state index < -0.39 is 0 Å². The van der Waals surface area contributed by atoms with Gasteiger partial charge in [0.2, 0.25) is 5.89 Å². The Labute approximate surface area is 229 Å². The highest BCUT2D eigenvalue weighted by atomic mass is 16.3. The molecule has 0 unspecified atom stereocenters. The third-order valence-corrected chi connectivity index (χ3v) is 7.39. The van der Waals surface area contributed by atoms with Gasteiger partial charge in [0, 0.05) is 42.5 Å². The first-order valence-electron chi connectivity index (χ1n) is 13.4. The summed E-state index contributed by atoms with van der Waals surface area (Å²) in [5.74, 6) is 2.02. The SMILES string of the molecule is C=C(C)c1ccc(N2CCC(CNC(=O)c3ccc(-c4nc5cc(C#N)cc(C(C)C)c5o4)cc3)CC2)nc1. The quantitative estimate of drug-likeness (QED) is 0.297. The maximum absolute atomic E-state index is 12.8. The molecule has 5 rings (SSSR count). The van der Waals surface area contributed by atoms with Crippen molar-refractivity contribution < 1.29 is 9.21 Å². The van der Waals surface area contributed by atoms with Gasteiger partial charge in [-0.1, -0.05) is 20.4 Å². The van der Waals surface area contributed by atoms with Crippen LogP contribution in [0.2, 0.25) is 0 Å². The molecule has 7 heteroatoms. The first-order valence-corrected chi connectivity index (χ1v) is 13.4. The number of fused-ring (bicyclic) bond motifs is 1. The number of oxazole rings is 1. The van der Waals surface area contributed by atoms with Crippen molar-refractivity contribution in [2.75, 3.05) is 24.5 Å². The number of allylic oxidation sites excluding steroid dienone is 1. The number of hydrogen-bond donors (Lipinski definition) is 1. The predicted molar refractivity (Wildman–Crippen MR) is 154 cm³/mol. The van der Waals surface area contributed by atoms with Crippen LogP contribution in [-0.2, 0) is 0 Å². The van der Waals surface area contributed by atoms with Crippen molar-refractivity contribution in [2.24, 2.45) is 5.92 Å². The average molecular weight is 520 g/mol. The third kappa shape index (κ3) is 5.70. The highest BCUT2D eigenvalue weighted by Crippen LogP contribution is 2.31. The monoisotopic (exact) mass is 519 g/mol. The maximum Gasteiger partial charge on any atom is 0.251 e. The number of carbonyl (C=O) groups is 1. The Morgan fingerprint density at radius 3 is 2.49 bits per heavy atom. The fraction of sp³-hybridized carbons (Fsp3) is 0.312. The third-order valence-electron chi connectivity index (χ3n) is 7.39. The second-order valence-corrected chi connectivity index (χ2v) is 10.6. The van der Waals surface area contributed by atoms with Crippen LogP contribution in [0, 0.1) is 17.2 Å². The maximum atomic E-state index is 12.8. The second-order valence-electron chi connectivity index (χ2n) is 10.6. The molecule has 198 valence electrons. The van der Waals surface area contributed by atoms with E-state index in [0.717, 1.165) is 54.0 Å². The Balaban J connectivity index is 1.17. The number of hydrogen-bond acceptors (Lipinski definition) is 6. The summed E-state index contributed by atoms with van der Waals surface area (Å²) >= 11 is 0. The largest absolute Gasteiger partial charge is 0.436 e. The highest BCUT2D eigenvalue weighted by Gasteiger charge is 2.21. The molecule has 1 N–H and O–H groups in total. The lowest BCUT2D eigenvalue weighted by Gasteiger charge is -2.33. The van der Waals surface area contributed by atoms with Gasteiger partial charge in [-0.2, -0.15) is 5.26 Å². The molecule has 2 aromatic heterocycles. The Morgan fingerprint density at radius 2 is 1.87 bits per heavy atom. The van der Waals surface area contributed by atoms with Crippen LogP contribution in [0.1, 0.15) is 66.6 Å². The fourth-order valence-electron chi connectivity index (χ4n) is 4.97. The zero-order valence-corrected chi connectivity index (χ0v) is 22.7. The van der Waals surface area contributed by atoms with Crippen LogP contribution in [0.25, 0.3) is 28.1 Å². The topological polar surface area (TPSA) is 95.1 Å². The van der Waals surface area contributed by atoms with Crippen LogP contribution in [0.15, 0.2) is 65.7 Å². The number of nitrogens with one attached hydrogen (secondary N) is 1. The van der Waals surface area contributed by atoms with E-state index >= 15 is 0 Å². The van der Waals surface area contributed by atoms with E-state index in [1.54, 1.807) is 18.2 Å². The van der Waals surface area contributed by atoms with Crippen LogP contribution in [-0.4, -0.2) is 35.5 Å². The Bertz CT molecular complexity index is 1540. The predicted octanol–water partition coefficient (Wildman–Crippen LogP) is 6.56. The number of benzene rings is 2. The first-order chi connectivity index (χ1) is 18.8. The van der Waals surface area contributed by atoms with E-state index in [1.165, 1.54) is 0 Å². The minimum atomic E-state index is -0.0839. The van der Waals surface area contributed by atoms with Gasteiger partial charge in [0.05, 0.1) is 11.6 Å². The minimum absolute atomic E-state index is 0.0839. The molecular formula is C32H33N5O2. The summed E-state index contributed by atoms with van der Waals surface area (Å²) < 4.78 is 6.10.